The molecule has 1 atom stereocenters. The number of carbonyl (C=O) groups is 1. The van der Waals surface area contributed by atoms with Crippen molar-refractivity contribution in [3.8, 4) is 0 Å². The summed E-state index contributed by atoms with van der Waals surface area (Å²) < 4.78 is 5.32. The minimum absolute atomic E-state index is 0.289. The SMILES string of the molecule is NCC1CCC(=O)N1CC1CCOCC1. The van der Waals surface area contributed by atoms with Crippen LogP contribution >= 0.6 is 0 Å². The predicted molar refractivity (Wildman–Crippen MR) is 57.3 cm³/mol. The molecule has 0 saturated carbocycles. The van der Waals surface area contributed by atoms with E-state index in [-0.39, 0.29) is 5.91 Å². The monoisotopic (exact) mass is 212 g/mol. The second-order valence-corrected chi connectivity index (χ2v) is 4.53. The van der Waals surface area contributed by atoms with E-state index in [2.05, 4.69) is 0 Å². The maximum Gasteiger partial charge on any atom is 0.222 e. The van der Waals surface area contributed by atoms with Crippen LogP contribution in [-0.4, -0.2) is 43.2 Å². The molecule has 0 aromatic carbocycles. The number of hydrogen-bond donors (Lipinski definition) is 1. The molecule has 2 saturated heterocycles. The zero-order chi connectivity index (χ0) is 10.7. The third-order valence-corrected chi connectivity index (χ3v) is 3.52. The van der Waals surface area contributed by atoms with Gasteiger partial charge in [0.25, 0.3) is 0 Å². The van der Waals surface area contributed by atoms with Crippen LogP contribution in [0.2, 0.25) is 0 Å². The molecule has 0 spiro atoms. The van der Waals surface area contributed by atoms with E-state index >= 15 is 0 Å². The van der Waals surface area contributed by atoms with Crippen molar-refractivity contribution in [2.75, 3.05) is 26.3 Å². The number of nitrogens with two attached hydrogens (primary N) is 1. The van der Waals surface area contributed by atoms with E-state index in [4.69, 9.17) is 10.5 Å². The molecule has 2 aliphatic rings. The lowest BCUT2D eigenvalue weighted by molar-refractivity contribution is -0.129. The molecule has 4 heteroatoms. The highest BCUT2D eigenvalue weighted by Crippen LogP contribution is 2.23. The Morgan fingerprint density at radius 1 is 1.33 bits per heavy atom. The van der Waals surface area contributed by atoms with E-state index in [1.54, 1.807) is 0 Å². The first-order valence-corrected chi connectivity index (χ1v) is 5.88. The number of likely N-dealkylation sites (tertiary alicyclic amines) is 1. The van der Waals surface area contributed by atoms with Crippen molar-refractivity contribution in [1.82, 2.24) is 4.90 Å². The molecule has 1 amide bonds. The van der Waals surface area contributed by atoms with Gasteiger partial charge in [0.2, 0.25) is 5.91 Å². The quantitative estimate of drug-likeness (QED) is 0.735. The van der Waals surface area contributed by atoms with Crippen molar-refractivity contribution in [3.05, 3.63) is 0 Å². The number of hydrogen-bond acceptors (Lipinski definition) is 3. The van der Waals surface area contributed by atoms with Crippen molar-refractivity contribution in [2.24, 2.45) is 11.7 Å². The topological polar surface area (TPSA) is 55.6 Å². The molecule has 2 N–H and O–H groups in total. The molecule has 0 aromatic rings. The molecule has 86 valence electrons. The molecule has 4 nitrogen and oxygen atoms in total. The normalized spacial score (nSPS) is 28.7. The van der Waals surface area contributed by atoms with E-state index in [9.17, 15) is 4.79 Å². The molecule has 1 unspecified atom stereocenters. The van der Waals surface area contributed by atoms with Gasteiger partial charge in [0.15, 0.2) is 0 Å². The summed E-state index contributed by atoms with van der Waals surface area (Å²) in [5, 5.41) is 0. The summed E-state index contributed by atoms with van der Waals surface area (Å²) in [4.78, 5) is 13.7. The van der Waals surface area contributed by atoms with E-state index in [1.165, 1.54) is 0 Å². The lowest BCUT2D eigenvalue weighted by Gasteiger charge is -2.30. The largest absolute Gasteiger partial charge is 0.381 e. The molecule has 0 aromatic heterocycles. The first-order chi connectivity index (χ1) is 7.31. The van der Waals surface area contributed by atoms with Crippen LogP contribution in [0.3, 0.4) is 0 Å². The first-order valence-electron chi connectivity index (χ1n) is 5.88. The van der Waals surface area contributed by atoms with Gasteiger partial charge in [0, 0.05) is 38.8 Å². The average molecular weight is 212 g/mol. The molecule has 0 bridgehead atoms. The van der Waals surface area contributed by atoms with Crippen LogP contribution < -0.4 is 5.73 Å². The lowest BCUT2D eigenvalue weighted by Crippen LogP contribution is -2.42. The standard InChI is InChI=1S/C11H20N2O2/c12-7-10-1-2-11(14)13(10)8-9-3-5-15-6-4-9/h9-10H,1-8,12H2. The van der Waals surface area contributed by atoms with Crippen LogP contribution in [0.4, 0.5) is 0 Å². The Kier molecular flexibility index (Phi) is 3.59. The van der Waals surface area contributed by atoms with Gasteiger partial charge < -0.3 is 15.4 Å². The highest BCUT2D eigenvalue weighted by atomic mass is 16.5. The Hall–Kier alpha value is -0.610. The zero-order valence-corrected chi connectivity index (χ0v) is 9.15. The van der Waals surface area contributed by atoms with Crippen LogP contribution in [0.25, 0.3) is 0 Å². The molecular formula is C11H20N2O2. The summed E-state index contributed by atoms with van der Waals surface area (Å²) in [6.45, 7) is 3.19. The van der Waals surface area contributed by atoms with Crippen molar-refractivity contribution in [2.45, 2.75) is 31.7 Å². The van der Waals surface area contributed by atoms with Gasteiger partial charge >= 0.3 is 0 Å². The Balaban J connectivity index is 1.88. The molecule has 2 aliphatic heterocycles. The third-order valence-electron chi connectivity index (χ3n) is 3.52. The van der Waals surface area contributed by atoms with Gasteiger partial charge in [-0.25, -0.2) is 0 Å². The van der Waals surface area contributed by atoms with Gasteiger partial charge in [-0.15, -0.1) is 0 Å². The molecule has 2 rings (SSSR count). The summed E-state index contributed by atoms with van der Waals surface area (Å²) in [6.07, 6.45) is 3.80. The molecule has 15 heavy (non-hydrogen) atoms. The first kappa shape index (κ1) is 10.9. The Bertz CT molecular complexity index is 227. The maximum atomic E-state index is 11.7. The predicted octanol–water partition coefficient (Wildman–Crippen LogP) is 0.363. The fourth-order valence-corrected chi connectivity index (χ4v) is 2.50. The van der Waals surface area contributed by atoms with E-state index in [0.29, 0.717) is 24.9 Å². The third kappa shape index (κ3) is 2.49. The maximum absolute atomic E-state index is 11.7. The number of ether oxygens (including phenoxy) is 1. The van der Waals surface area contributed by atoms with Crippen LogP contribution in [0.1, 0.15) is 25.7 Å². The summed E-state index contributed by atoms with van der Waals surface area (Å²) in [5.41, 5.74) is 5.67. The lowest BCUT2D eigenvalue weighted by atomic mass is 9.99. The zero-order valence-electron chi connectivity index (χ0n) is 9.15. The summed E-state index contributed by atoms with van der Waals surface area (Å²) in [7, 11) is 0. The van der Waals surface area contributed by atoms with E-state index in [0.717, 1.165) is 39.0 Å². The van der Waals surface area contributed by atoms with Gasteiger partial charge in [-0.1, -0.05) is 0 Å². The van der Waals surface area contributed by atoms with Crippen LogP contribution in [0.15, 0.2) is 0 Å². The minimum Gasteiger partial charge on any atom is -0.381 e. The van der Waals surface area contributed by atoms with Crippen LogP contribution in [0, 0.1) is 5.92 Å². The Morgan fingerprint density at radius 2 is 2.07 bits per heavy atom. The number of carbonyl (C=O) groups excluding carboxylic acids is 1. The second kappa shape index (κ2) is 4.94. The number of amides is 1. The van der Waals surface area contributed by atoms with E-state index in [1.807, 2.05) is 4.90 Å². The molecule has 2 fully saturated rings. The summed E-state index contributed by atoms with van der Waals surface area (Å²) in [5.74, 6) is 0.909. The second-order valence-electron chi connectivity index (χ2n) is 4.53. The average Bonchev–Trinajstić information content (AvgIpc) is 2.62. The van der Waals surface area contributed by atoms with Crippen LogP contribution in [0.5, 0.6) is 0 Å². The highest BCUT2D eigenvalue weighted by molar-refractivity contribution is 5.78. The molecule has 0 aliphatic carbocycles. The van der Waals surface area contributed by atoms with Crippen molar-refractivity contribution < 1.29 is 9.53 Å². The van der Waals surface area contributed by atoms with Crippen LogP contribution in [-0.2, 0) is 9.53 Å². The Labute approximate surface area is 90.8 Å². The fraction of sp³-hybridized carbons (Fsp3) is 0.909. The summed E-state index contributed by atoms with van der Waals surface area (Å²) in [6, 6.07) is 0.292. The molecule has 2 heterocycles. The molecule has 0 radical (unpaired) electrons. The van der Waals surface area contributed by atoms with Gasteiger partial charge in [-0.2, -0.15) is 0 Å². The van der Waals surface area contributed by atoms with E-state index < -0.39 is 0 Å². The van der Waals surface area contributed by atoms with Crippen molar-refractivity contribution >= 4 is 5.91 Å². The fourth-order valence-electron chi connectivity index (χ4n) is 2.50. The van der Waals surface area contributed by atoms with Gasteiger partial charge in [-0.3, -0.25) is 4.79 Å². The molecular weight excluding hydrogens is 192 g/mol. The highest BCUT2D eigenvalue weighted by Gasteiger charge is 2.31. The van der Waals surface area contributed by atoms with Crippen molar-refractivity contribution in [1.29, 1.82) is 0 Å². The van der Waals surface area contributed by atoms with Gasteiger partial charge in [0.1, 0.15) is 0 Å². The van der Waals surface area contributed by atoms with Crippen molar-refractivity contribution in [3.63, 3.8) is 0 Å². The number of rotatable bonds is 3. The number of nitrogens with zero attached hydrogens (tertiary/aromatic N) is 1. The minimum atomic E-state index is 0.289. The van der Waals surface area contributed by atoms with Gasteiger partial charge in [-0.05, 0) is 25.2 Å². The van der Waals surface area contributed by atoms with Gasteiger partial charge in [0.05, 0.1) is 0 Å². The summed E-state index contributed by atoms with van der Waals surface area (Å²) >= 11 is 0. The Morgan fingerprint density at radius 3 is 2.73 bits per heavy atom. The smallest absolute Gasteiger partial charge is 0.222 e.